The first-order valence-electron chi connectivity index (χ1n) is 7.19. The van der Waals surface area contributed by atoms with Crippen molar-refractivity contribution < 1.29 is 0 Å². The molecule has 0 fully saturated rings. The summed E-state index contributed by atoms with van der Waals surface area (Å²) >= 11 is 3.48. The van der Waals surface area contributed by atoms with Gasteiger partial charge in [0.05, 0.1) is 0 Å². The Morgan fingerprint density at radius 2 is 1.80 bits per heavy atom. The number of benzene rings is 2. The van der Waals surface area contributed by atoms with Crippen LogP contribution in [0, 0.1) is 6.92 Å². The Bertz CT molecular complexity index is 560. The number of aryl methyl sites for hydroxylation is 2. The molecule has 0 bridgehead atoms. The molecule has 0 amide bonds. The second kappa shape index (κ2) is 6.94. The van der Waals surface area contributed by atoms with E-state index in [-0.39, 0.29) is 0 Å². The van der Waals surface area contributed by atoms with E-state index in [2.05, 4.69) is 84.5 Å². The second-order valence-electron chi connectivity index (χ2n) is 5.34. The predicted molar refractivity (Wildman–Crippen MR) is 91.5 cm³/mol. The molecule has 0 saturated heterocycles. The average molecular weight is 332 g/mol. The monoisotopic (exact) mass is 331 g/mol. The summed E-state index contributed by atoms with van der Waals surface area (Å²) in [4.78, 5) is 0. The van der Waals surface area contributed by atoms with E-state index in [0.29, 0.717) is 6.04 Å². The number of anilines is 1. The molecule has 0 aliphatic carbocycles. The van der Waals surface area contributed by atoms with Gasteiger partial charge in [0.2, 0.25) is 0 Å². The molecule has 2 aromatic carbocycles. The Morgan fingerprint density at radius 3 is 2.45 bits per heavy atom. The highest BCUT2D eigenvalue weighted by atomic mass is 79.9. The maximum absolute atomic E-state index is 3.68. The van der Waals surface area contributed by atoms with Gasteiger partial charge in [-0.3, -0.25) is 0 Å². The molecule has 0 aromatic heterocycles. The van der Waals surface area contributed by atoms with Gasteiger partial charge in [-0.05, 0) is 55.5 Å². The van der Waals surface area contributed by atoms with Gasteiger partial charge in [0, 0.05) is 16.2 Å². The molecule has 2 rings (SSSR count). The molecule has 1 unspecified atom stereocenters. The van der Waals surface area contributed by atoms with Crippen molar-refractivity contribution in [3.63, 3.8) is 0 Å². The summed E-state index contributed by atoms with van der Waals surface area (Å²) in [5, 5.41) is 3.68. The summed E-state index contributed by atoms with van der Waals surface area (Å²) in [6.07, 6.45) is 2.10. The SMILES string of the molecule is CCc1cccc(C)c1NC(C)Cc1ccc(Br)cc1. The van der Waals surface area contributed by atoms with Crippen LogP contribution in [0.15, 0.2) is 46.9 Å². The van der Waals surface area contributed by atoms with Crippen LogP contribution in [0.5, 0.6) is 0 Å². The number of rotatable bonds is 5. The van der Waals surface area contributed by atoms with Gasteiger partial charge in [0.15, 0.2) is 0 Å². The fourth-order valence-corrected chi connectivity index (χ4v) is 2.77. The van der Waals surface area contributed by atoms with E-state index in [1.165, 1.54) is 22.4 Å². The topological polar surface area (TPSA) is 12.0 Å². The summed E-state index contributed by atoms with van der Waals surface area (Å²) in [5.41, 5.74) is 5.39. The van der Waals surface area contributed by atoms with E-state index in [1.807, 2.05) is 0 Å². The van der Waals surface area contributed by atoms with Gasteiger partial charge in [-0.1, -0.05) is 53.2 Å². The molecule has 1 nitrogen and oxygen atoms in total. The van der Waals surface area contributed by atoms with E-state index >= 15 is 0 Å². The van der Waals surface area contributed by atoms with E-state index in [9.17, 15) is 0 Å². The Labute approximate surface area is 130 Å². The van der Waals surface area contributed by atoms with Crippen LogP contribution in [-0.2, 0) is 12.8 Å². The minimum absolute atomic E-state index is 0.419. The molecule has 1 atom stereocenters. The first-order valence-corrected chi connectivity index (χ1v) is 7.99. The molecule has 1 N–H and O–H groups in total. The maximum atomic E-state index is 3.68. The van der Waals surface area contributed by atoms with Crippen LogP contribution in [0.25, 0.3) is 0 Å². The van der Waals surface area contributed by atoms with Gasteiger partial charge in [0.1, 0.15) is 0 Å². The van der Waals surface area contributed by atoms with E-state index < -0.39 is 0 Å². The van der Waals surface area contributed by atoms with Crippen molar-refractivity contribution in [2.24, 2.45) is 0 Å². The molecular weight excluding hydrogens is 310 g/mol. The molecule has 2 aromatic rings. The Morgan fingerprint density at radius 1 is 1.10 bits per heavy atom. The molecule has 0 spiro atoms. The number of hydrogen-bond acceptors (Lipinski definition) is 1. The summed E-state index contributed by atoms with van der Waals surface area (Å²) in [5.74, 6) is 0. The van der Waals surface area contributed by atoms with Crippen LogP contribution in [0.2, 0.25) is 0 Å². The lowest BCUT2D eigenvalue weighted by Crippen LogP contribution is -2.19. The predicted octanol–water partition coefficient (Wildman–Crippen LogP) is 5.36. The second-order valence-corrected chi connectivity index (χ2v) is 6.25. The van der Waals surface area contributed by atoms with E-state index in [4.69, 9.17) is 0 Å². The molecule has 0 aliphatic heterocycles. The molecule has 0 aliphatic rings. The average Bonchev–Trinajstić information content (AvgIpc) is 2.43. The number of para-hydroxylation sites is 1. The van der Waals surface area contributed by atoms with Crippen LogP contribution in [-0.4, -0.2) is 6.04 Å². The van der Waals surface area contributed by atoms with Crippen molar-refractivity contribution >= 4 is 21.6 Å². The summed E-state index contributed by atoms with van der Waals surface area (Å²) in [7, 11) is 0. The number of nitrogens with one attached hydrogen (secondary N) is 1. The fourth-order valence-electron chi connectivity index (χ4n) is 2.50. The van der Waals surface area contributed by atoms with Crippen LogP contribution < -0.4 is 5.32 Å². The minimum atomic E-state index is 0.419. The van der Waals surface area contributed by atoms with Crippen molar-refractivity contribution in [1.29, 1.82) is 0 Å². The van der Waals surface area contributed by atoms with Gasteiger partial charge in [-0.2, -0.15) is 0 Å². The van der Waals surface area contributed by atoms with Crippen molar-refractivity contribution in [1.82, 2.24) is 0 Å². The largest absolute Gasteiger partial charge is 0.382 e. The standard InChI is InChI=1S/C18H22BrN/c1-4-16-7-5-6-13(2)18(16)20-14(3)12-15-8-10-17(19)11-9-15/h5-11,14,20H,4,12H2,1-3H3. The van der Waals surface area contributed by atoms with Gasteiger partial charge in [-0.15, -0.1) is 0 Å². The third kappa shape index (κ3) is 3.86. The van der Waals surface area contributed by atoms with E-state index in [0.717, 1.165) is 17.3 Å². The zero-order valence-electron chi connectivity index (χ0n) is 12.4. The lowest BCUT2D eigenvalue weighted by atomic mass is 10.0. The molecule has 2 heteroatoms. The van der Waals surface area contributed by atoms with Crippen LogP contribution >= 0.6 is 15.9 Å². The molecule has 0 saturated carbocycles. The van der Waals surface area contributed by atoms with Crippen molar-refractivity contribution in [2.75, 3.05) is 5.32 Å². The zero-order chi connectivity index (χ0) is 14.5. The fraction of sp³-hybridized carbons (Fsp3) is 0.333. The zero-order valence-corrected chi connectivity index (χ0v) is 14.0. The highest BCUT2D eigenvalue weighted by Gasteiger charge is 2.08. The minimum Gasteiger partial charge on any atom is -0.382 e. The third-order valence-corrected chi connectivity index (χ3v) is 4.11. The smallest absolute Gasteiger partial charge is 0.0404 e. The Balaban J connectivity index is 2.08. The molecule has 0 radical (unpaired) electrons. The maximum Gasteiger partial charge on any atom is 0.0404 e. The van der Waals surface area contributed by atoms with E-state index in [1.54, 1.807) is 0 Å². The first-order chi connectivity index (χ1) is 9.60. The lowest BCUT2D eigenvalue weighted by molar-refractivity contribution is 0.786. The summed E-state index contributed by atoms with van der Waals surface area (Å²) in [6, 6.07) is 15.5. The van der Waals surface area contributed by atoms with Gasteiger partial charge in [-0.25, -0.2) is 0 Å². The first kappa shape index (κ1) is 15.1. The normalized spacial score (nSPS) is 12.2. The van der Waals surface area contributed by atoms with Crippen molar-refractivity contribution in [2.45, 2.75) is 39.7 Å². The van der Waals surface area contributed by atoms with Gasteiger partial charge >= 0.3 is 0 Å². The van der Waals surface area contributed by atoms with Crippen LogP contribution in [0.1, 0.15) is 30.5 Å². The quantitative estimate of drug-likeness (QED) is 0.777. The van der Waals surface area contributed by atoms with Crippen molar-refractivity contribution in [3.8, 4) is 0 Å². The number of halogens is 1. The van der Waals surface area contributed by atoms with Gasteiger partial charge < -0.3 is 5.32 Å². The van der Waals surface area contributed by atoms with Crippen LogP contribution in [0.4, 0.5) is 5.69 Å². The molecular formula is C18H22BrN. The number of hydrogen-bond donors (Lipinski definition) is 1. The summed E-state index contributed by atoms with van der Waals surface area (Å²) in [6.45, 7) is 6.63. The molecule has 20 heavy (non-hydrogen) atoms. The highest BCUT2D eigenvalue weighted by molar-refractivity contribution is 9.10. The molecule has 0 heterocycles. The summed E-state index contributed by atoms with van der Waals surface area (Å²) < 4.78 is 1.13. The lowest BCUT2D eigenvalue weighted by Gasteiger charge is -2.20. The highest BCUT2D eigenvalue weighted by Crippen LogP contribution is 2.22. The van der Waals surface area contributed by atoms with Crippen molar-refractivity contribution in [3.05, 3.63) is 63.6 Å². The Hall–Kier alpha value is -1.28. The van der Waals surface area contributed by atoms with Gasteiger partial charge in [0.25, 0.3) is 0 Å². The van der Waals surface area contributed by atoms with Crippen LogP contribution in [0.3, 0.4) is 0 Å². The third-order valence-electron chi connectivity index (χ3n) is 3.59. The molecule has 106 valence electrons. The Kier molecular flexibility index (Phi) is 5.24.